The predicted molar refractivity (Wildman–Crippen MR) is 170 cm³/mol. The minimum Gasteiger partial charge on any atom is -0.381 e. The van der Waals surface area contributed by atoms with Crippen LogP contribution in [-0.2, 0) is 51.3 Å². The van der Waals surface area contributed by atoms with E-state index < -0.39 is 0 Å². The summed E-state index contributed by atoms with van der Waals surface area (Å²) < 4.78 is 15.7. The van der Waals surface area contributed by atoms with Gasteiger partial charge in [0.15, 0.2) is 0 Å². The van der Waals surface area contributed by atoms with E-state index in [0.717, 1.165) is 50.8 Å². The molecule has 4 atom stereocenters. The largest absolute Gasteiger partial charge is 2.00 e. The van der Waals surface area contributed by atoms with Crippen molar-refractivity contribution in [2.75, 3.05) is 33.0 Å². The summed E-state index contributed by atoms with van der Waals surface area (Å²) in [6.07, 6.45) is 10.1. The standard InChI is InChI=1S/C7H12O.C6H12O.C5H10O.4C2H6.2CH4.4CH3.2V/c1-2-6-4-5-8-7(6)3-1;1-6-3-2-4-7-5-6;1-5-2-3-6-4-5;4*1-2;;;;;;;;/h6-7H,1-5H2;6H,2-5H2,1H3;5H,2-4H2,1H3;4*1-2H3;2*1H4;4*1H3;;/q;;;;;;;;;4*-1;2*+2. The van der Waals surface area contributed by atoms with Crippen molar-refractivity contribution in [3.63, 3.8) is 0 Å². The van der Waals surface area contributed by atoms with Crippen molar-refractivity contribution >= 4 is 0 Å². The average molecular weight is 613 g/mol. The normalized spacial score (nSPS) is 22.2. The molecular formula is C32H78O3V2. The molecule has 4 unspecified atom stereocenters. The topological polar surface area (TPSA) is 27.7 Å². The summed E-state index contributed by atoms with van der Waals surface area (Å²) in [5.41, 5.74) is 0. The first-order valence-corrected chi connectivity index (χ1v) is 13.0. The van der Waals surface area contributed by atoms with Crippen LogP contribution >= 0.6 is 0 Å². The second-order valence-corrected chi connectivity index (χ2v) is 7.18. The monoisotopic (exact) mass is 612 g/mol. The van der Waals surface area contributed by atoms with Crippen LogP contribution in [0.5, 0.6) is 0 Å². The van der Waals surface area contributed by atoms with Gasteiger partial charge in [-0.1, -0.05) is 90.5 Å². The molecule has 4 aliphatic rings. The Bertz CT molecular complexity index is 251. The maximum atomic E-state index is 5.48. The molecule has 234 valence electrons. The van der Waals surface area contributed by atoms with E-state index in [9.17, 15) is 0 Å². The van der Waals surface area contributed by atoms with E-state index in [1.54, 1.807) is 0 Å². The molecule has 4 fully saturated rings. The third kappa shape index (κ3) is 44.3. The van der Waals surface area contributed by atoms with Crippen LogP contribution in [0.15, 0.2) is 0 Å². The number of hydrogen-bond acceptors (Lipinski definition) is 3. The first-order chi connectivity index (χ1) is 14.3. The smallest absolute Gasteiger partial charge is 0.381 e. The van der Waals surface area contributed by atoms with Gasteiger partial charge in [-0.25, -0.2) is 0 Å². The summed E-state index contributed by atoms with van der Waals surface area (Å²) in [5.74, 6) is 2.59. The van der Waals surface area contributed by atoms with Gasteiger partial charge in [0.05, 0.1) is 6.10 Å². The van der Waals surface area contributed by atoms with Crippen molar-refractivity contribution in [1.29, 1.82) is 0 Å². The zero-order chi connectivity index (χ0) is 22.9. The summed E-state index contributed by atoms with van der Waals surface area (Å²) in [5, 5.41) is 0. The Morgan fingerprint density at radius 2 is 0.919 bits per heavy atom. The zero-order valence-corrected chi connectivity index (χ0v) is 29.7. The molecule has 4 rings (SSSR count). The molecule has 0 aromatic heterocycles. The maximum absolute atomic E-state index is 5.48. The van der Waals surface area contributed by atoms with Crippen molar-refractivity contribution in [2.24, 2.45) is 17.8 Å². The summed E-state index contributed by atoms with van der Waals surface area (Å²) in [6, 6.07) is 0. The molecule has 0 N–H and O–H groups in total. The molecule has 1 saturated carbocycles. The van der Waals surface area contributed by atoms with Crippen molar-refractivity contribution in [3.05, 3.63) is 29.7 Å². The molecule has 3 heterocycles. The van der Waals surface area contributed by atoms with E-state index in [1.165, 1.54) is 44.9 Å². The van der Waals surface area contributed by atoms with Gasteiger partial charge < -0.3 is 43.9 Å². The first kappa shape index (κ1) is 71.4. The van der Waals surface area contributed by atoms with Gasteiger partial charge in [0.25, 0.3) is 0 Å². The van der Waals surface area contributed by atoms with E-state index in [0.29, 0.717) is 6.10 Å². The third-order valence-electron chi connectivity index (χ3n) is 4.96. The van der Waals surface area contributed by atoms with Gasteiger partial charge in [0.1, 0.15) is 0 Å². The van der Waals surface area contributed by atoms with Crippen LogP contribution in [0.2, 0.25) is 0 Å². The number of hydrogen-bond donors (Lipinski definition) is 0. The first-order valence-electron chi connectivity index (χ1n) is 13.0. The molecule has 37 heavy (non-hydrogen) atoms. The third-order valence-corrected chi connectivity index (χ3v) is 4.96. The van der Waals surface area contributed by atoms with Crippen LogP contribution in [0.1, 0.15) is 129 Å². The molecular weight excluding hydrogens is 534 g/mol. The molecule has 2 radical (unpaired) electrons. The Kier molecular flexibility index (Phi) is 118. The van der Waals surface area contributed by atoms with Gasteiger partial charge in [0, 0.05) is 33.0 Å². The van der Waals surface area contributed by atoms with Crippen LogP contribution in [0.25, 0.3) is 0 Å². The fourth-order valence-corrected chi connectivity index (χ4v) is 3.48. The van der Waals surface area contributed by atoms with Crippen molar-refractivity contribution in [1.82, 2.24) is 0 Å². The summed E-state index contributed by atoms with van der Waals surface area (Å²) in [6.45, 7) is 25.4. The minimum atomic E-state index is 0. The van der Waals surface area contributed by atoms with Crippen LogP contribution in [-0.4, -0.2) is 39.1 Å². The quantitative estimate of drug-likeness (QED) is 0.255. The van der Waals surface area contributed by atoms with Crippen molar-refractivity contribution in [2.45, 2.75) is 135 Å². The fraction of sp³-hybridized carbons (Fsp3) is 0.875. The maximum Gasteiger partial charge on any atom is 2.00 e. The van der Waals surface area contributed by atoms with Crippen molar-refractivity contribution in [3.8, 4) is 0 Å². The van der Waals surface area contributed by atoms with Gasteiger partial charge in [-0.3, -0.25) is 0 Å². The van der Waals surface area contributed by atoms with Crippen molar-refractivity contribution < 1.29 is 51.3 Å². The van der Waals surface area contributed by atoms with Crippen LogP contribution in [0, 0.1) is 47.5 Å². The second-order valence-electron chi connectivity index (χ2n) is 7.18. The number of rotatable bonds is 0. The molecule has 0 bridgehead atoms. The van der Waals surface area contributed by atoms with E-state index in [4.69, 9.17) is 14.2 Å². The van der Waals surface area contributed by atoms with Gasteiger partial charge in [0.2, 0.25) is 0 Å². The van der Waals surface area contributed by atoms with E-state index >= 15 is 0 Å². The second kappa shape index (κ2) is 61.2. The average Bonchev–Trinajstić information content (AvgIpc) is 3.55. The Balaban J connectivity index is -0.0000000246. The fourth-order valence-electron chi connectivity index (χ4n) is 3.48. The summed E-state index contributed by atoms with van der Waals surface area (Å²) >= 11 is 0. The number of ether oxygens (including phenoxy) is 3. The Morgan fingerprint density at radius 3 is 1.19 bits per heavy atom. The Morgan fingerprint density at radius 1 is 0.486 bits per heavy atom. The molecule has 0 spiro atoms. The summed E-state index contributed by atoms with van der Waals surface area (Å²) in [7, 11) is 0. The van der Waals surface area contributed by atoms with Gasteiger partial charge in [-0.2, -0.15) is 0 Å². The molecule has 0 aromatic carbocycles. The Hall–Kier alpha value is 1.05. The van der Waals surface area contributed by atoms with Crippen LogP contribution < -0.4 is 0 Å². The molecule has 1 aliphatic carbocycles. The van der Waals surface area contributed by atoms with Crippen LogP contribution in [0.4, 0.5) is 0 Å². The molecule has 5 heteroatoms. The van der Waals surface area contributed by atoms with Gasteiger partial charge in [-0.05, 0) is 56.3 Å². The molecule has 3 aliphatic heterocycles. The van der Waals surface area contributed by atoms with Gasteiger partial charge >= 0.3 is 37.1 Å². The van der Waals surface area contributed by atoms with Gasteiger partial charge in [-0.15, -0.1) is 0 Å². The number of fused-ring (bicyclic) bond motifs is 1. The molecule has 0 aromatic rings. The zero-order valence-electron chi connectivity index (χ0n) is 26.9. The predicted octanol–water partition coefficient (Wildman–Crippen LogP) is 11.2. The SMILES string of the molecule is C.C.C1CC2CCOC2C1.CC.CC.CC.CC.CC1CCCOC1.CC1CCOC1.[CH3-].[CH3-].[CH3-].[CH3-].[V+2].[V+2]. The van der Waals surface area contributed by atoms with E-state index in [-0.39, 0.29) is 81.7 Å². The summed E-state index contributed by atoms with van der Waals surface area (Å²) in [4.78, 5) is 0. The van der Waals surface area contributed by atoms with E-state index in [2.05, 4.69) is 13.8 Å². The molecule has 3 saturated heterocycles. The molecule has 3 nitrogen and oxygen atoms in total. The van der Waals surface area contributed by atoms with Crippen LogP contribution in [0.3, 0.4) is 0 Å². The van der Waals surface area contributed by atoms with E-state index in [1.807, 2.05) is 55.4 Å². The Labute approximate surface area is 265 Å². The minimum absolute atomic E-state index is 0. The molecule has 0 amide bonds.